The van der Waals surface area contributed by atoms with Crippen LogP contribution in [0.25, 0.3) is 23.8 Å². The van der Waals surface area contributed by atoms with Crippen molar-refractivity contribution in [3.05, 3.63) is 155 Å². The first-order chi connectivity index (χ1) is 18.0. The van der Waals surface area contributed by atoms with Crippen molar-refractivity contribution in [3.63, 3.8) is 0 Å². The summed E-state index contributed by atoms with van der Waals surface area (Å²) in [6.45, 7) is -2.12. The predicted molar refractivity (Wildman–Crippen MR) is 150 cm³/mol. The second kappa shape index (κ2) is 9.18. The third-order valence-electron chi connectivity index (χ3n) is 6.87. The summed E-state index contributed by atoms with van der Waals surface area (Å²) in [4.78, 5) is 0. The first-order valence-electron chi connectivity index (χ1n) is 12.4. The fourth-order valence-electron chi connectivity index (χ4n) is 5.05. The topological polar surface area (TPSA) is 7.94 Å². The maximum atomic E-state index is 16.5. The maximum absolute atomic E-state index is 16.5. The summed E-state index contributed by atoms with van der Waals surface area (Å²) in [7, 11) is 0. The van der Waals surface area contributed by atoms with E-state index in [4.69, 9.17) is 0 Å². The molecule has 180 valence electrons. The normalized spacial score (nSPS) is 16.2. The molecule has 0 spiro atoms. The molecule has 0 saturated heterocycles. The van der Waals surface area contributed by atoms with Gasteiger partial charge in [0.2, 0.25) is 0 Å². The second-order valence-corrected chi connectivity index (χ2v) is 9.34. The fourth-order valence-corrected chi connectivity index (χ4v) is 5.05. The van der Waals surface area contributed by atoms with E-state index < -0.39 is 6.97 Å². The Balaban J connectivity index is 1.55. The molecular weight excluding hydrogens is 461 g/mol. The van der Waals surface area contributed by atoms with Gasteiger partial charge in [0.1, 0.15) is 0 Å². The summed E-state index contributed by atoms with van der Waals surface area (Å²) >= 11 is 0. The van der Waals surface area contributed by atoms with E-state index in [1.54, 1.807) is 24.3 Å². The Labute approximate surface area is 215 Å². The lowest BCUT2D eigenvalue weighted by Gasteiger charge is -2.33. The molecule has 0 N–H and O–H groups in total. The Hall–Kier alpha value is -4.51. The SMILES string of the molecule is Cc1ccc(C2=C3C=CC(/C=C/c4ccccc4)=[N+]3[B-](F)(F)n3c(/C=C/c4ccccc4)ccc32)cc1. The van der Waals surface area contributed by atoms with Crippen LogP contribution in [0, 0.1) is 6.92 Å². The van der Waals surface area contributed by atoms with Crippen LogP contribution in [0.15, 0.2) is 121 Å². The van der Waals surface area contributed by atoms with Crippen LogP contribution in [0.2, 0.25) is 0 Å². The van der Waals surface area contributed by atoms with Gasteiger partial charge in [0.25, 0.3) is 0 Å². The number of rotatable bonds is 5. The highest BCUT2D eigenvalue weighted by Gasteiger charge is 2.54. The van der Waals surface area contributed by atoms with Crippen molar-refractivity contribution >= 4 is 36.5 Å². The quantitative estimate of drug-likeness (QED) is 0.256. The Bertz CT molecular complexity index is 1620. The molecule has 6 rings (SSSR count). The van der Waals surface area contributed by atoms with E-state index in [2.05, 4.69) is 0 Å². The van der Waals surface area contributed by atoms with Crippen LogP contribution < -0.4 is 0 Å². The average molecular weight is 486 g/mol. The van der Waals surface area contributed by atoms with Gasteiger partial charge in [-0.3, -0.25) is 0 Å². The van der Waals surface area contributed by atoms with Crippen LogP contribution >= 0.6 is 0 Å². The molecule has 0 amide bonds. The zero-order valence-corrected chi connectivity index (χ0v) is 20.4. The van der Waals surface area contributed by atoms with Gasteiger partial charge in [-0.25, -0.2) is 0 Å². The van der Waals surface area contributed by atoms with Crippen LogP contribution in [0.5, 0.6) is 0 Å². The molecule has 2 aliphatic heterocycles. The van der Waals surface area contributed by atoms with Crippen LogP contribution in [0.1, 0.15) is 33.6 Å². The van der Waals surface area contributed by atoms with Crippen molar-refractivity contribution in [3.8, 4) is 0 Å². The number of fused-ring (bicyclic) bond motifs is 2. The zero-order chi connectivity index (χ0) is 25.4. The minimum absolute atomic E-state index is 0.464. The third kappa shape index (κ3) is 4.13. The van der Waals surface area contributed by atoms with Gasteiger partial charge < -0.3 is 17.6 Å². The number of nitrogens with zero attached hydrogens (tertiary/aromatic N) is 2. The first kappa shape index (κ1) is 22.9. The van der Waals surface area contributed by atoms with Crippen LogP contribution in [0.3, 0.4) is 0 Å². The predicted octanol–water partition coefficient (Wildman–Crippen LogP) is 7.70. The maximum Gasteiger partial charge on any atom is 0.737 e. The highest BCUT2D eigenvalue weighted by molar-refractivity contribution is 6.58. The molecule has 0 fully saturated rings. The van der Waals surface area contributed by atoms with E-state index in [1.165, 1.54) is 8.96 Å². The highest BCUT2D eigenvalue weighted by Crippen LogP contribution is 2.41. The van der Waals surface area contributed by atoms with Gasteiger partial charge in [-0.1, -0.05) is 96.6 Å². The smallest absolute Gasteiger partial charge is 0.390 e. The van der Waals surface area contributed by atoms with Gasteiger partial charge in [-0.2, -0.15) is 0 Å². The van der Waals surface area contributed by atoms with Gasteiger partial charge in [0.05, 0.1) is 5.57 Å². The number of allylic oxidation sites excluding steroid dienone is 3. The molecular formula is C32H25BF2N2. The molecule has 0 bridgehead atoms. The lowest BCUT2D eigenvalue weighted by atomic mass is 9.85. The standard InChI is InChI=1S/C32H25BF2N2/c1-24-12-16-27(17-13-24)32-30-22-20-28(18-14-25-8-4-2-5-9-25)36(30)33(34,35)37-29(21-23-31(32)37)19-15-26-10-6-3-7-11-26/h2-23H,1H3/b18-14+,19-15+. The molecule has 2 nitrogen and oxygen atoms in total. The van der Waals surface area contributed by atoms with Crippen molar-refractivity contribution in [2.24, 2.45) is 0 Å². The Morgan fingerprint density at radius 3 is 1.95 bits per heavy atom. The summed E-state index contributed by atoms with van der Waals surface area (Å²) < 4.78 is 35.4. The number of halogens is 2. The largest absolute Gasteiger partial charge is 0.737 e. The van der Waals surface area contributed by atoms with E-state index in [0.29, 0.717) is 22.8 Å². The summed E-state index contributed by atoms with van der Waals surface area (Å²) in [6.07, 6.45) is 10.9. The van der Waals surface area contributed by atoms with Gasteiger partial charge in [-0.05, 0) is 47.9 Å². The molecule has 0 radical (unpaired) electrons. The average Bonchev–Trinajstić information content (AvgIpc) is 3.55. The molecule has 3 aromatic carbocycles. The Morgan fingerprint density at radius 1 is 0.676 bits per heavy atom. The fraction of sp³-hybridized carbons (Fsp3) is 0.0312. The molecule has 2 aliphatic rings. The van der Waals surface area contributed by atoms with E-state index in [-0.39, 0.29) is 0 Å². The molecule has 0 atom stereocenters. The minimum Gasteiger partial charge on any atom is -0.390 e. The molecule has 0 aliphatic carbocycles. The van der Waals surface area contributed by atoms with Gasteiger partial charge in [-0.15, -0.1) is 0 Å². The zero-order valence-electron chi connectivity index (χ0n) is 20.4. The first-order valence-corrected chi connectivity index (χ1v) is 12.4. The summed E-state index contributed by atoms with van der Waals surface area (Å²) in [6, 6.07) is 31.1. The summed E-state index contributed by atoms with van der Waals surface area (Å²) in [5.74, 6) is 0. The van der Waals surface area contributed by atoms with Gasteiger partial charge in [0.15, 0.2) is 11.4 Å². The molecule has 0 saturated carbocycles. The van der Waals surface area contributed by atoms with Crippen molar-refractivity contribution in [1.82, 2.24) is 4.48 Å². The van der Waals surface area contributed by atoms with Crippen molar-refractivity contribution in [1.29, 1.82) is 0 Å². The number of hydrogen-bond donors (Lipinski definition) is 0. The van der Waals surface area contributed by atoms with Crippen LogP contribution in [-0.4, -0.2) is 21.6 Å². The van der Waals surface area contributed by atoms with E-state index in [9.17, 15) is 0 Å². The molecule has 37 heavy (non-hydrogen) atoms. The molecule has 0 unspecified atom stereocenters. The van der Waals surface area contributed by atoms with Crippen LogP contribution in [0.4, 0.5) is 8.63 Å². The molecule has 1 aromatic heterocycles. The molecule has 3 heterocycles. The Kier molecular flexibility index (Phi) is 5.69. The third-order valence-corrected chi connectivity index (χ3v) is 6.87. The number of benzene rings is 3. The van der Waals surface area contributed by atoms with E-state index >= 15 is 8.63 Å². The van der Waals surface area contributed by atoms with Crippen molar-refractivity contribution in [2.45, 2.75) is 6.92 Å². The highest BCUT2D eigenvalue weighted by atomic mass is 19.2. The molecule has 5 heteroatoms. The minimum atomic E-state index is -4.14. The van der Waals surface area contributed by atoms with Crippen molar-refractivity contribution < 1.29 is 13.1 Å². The van der Waals surface area contributed by atoms with Crippen LogP contribution in [-0.2, 0) is 0 Å². The summed E-state index contributed by atoms with van der Waals surface area (Å²) in [5, 5.41) is 0. The molecule has 4 aromatic rings. The van der Waals surface area contributed by atoms with E-state index in [1.807, 2.05) is 116 Å². The second-order valence-electron chi connectivity index (χ2n) is 9.34. The number of aromatic nitrogens is 1. The Morgan fingerprint density at radius 2 is 1.30 bits per heavy atom. The summed E-state index contributed by atoms with van der Waals surface area (Å²) in [5.41, 5.74) is 6.71. The van der Waals surface area contributed by atoms with Gasteiger partial charge in [0, 0.05) is 29.6 Å². The lowest BCUT2D eigenvalue weighted by Crippen LogP contribution is -2.51. The monoisotopic (exact) mass is 486 g/mol. The number of hydrogen-bond acceptors (Lipinski definition) is 0. The van der Waals surface area contributed by atoms with E-state index in [0.717, 1.165) is 27.8 Å². The van der Waals surface area contributed by atoms with Gasteiger partial charge >= 0.3 is 6.97 Å². The number of aryl methyl sites for hydroxylation is 1. The van der Waals surface area contributed by atoms with Crippen molar-refractivity contribution in [2.75, 3.05) is 0 Å². The lowest BCUT2D eigenvalue weighted by molar-refractivity contribution is -0.360.